The van der Waals surface area contributed by atoms with E-state index in [9.17, 15) is 9.59 Å². The van der Waals surface area contributed by atoms with E-state index < -0.39 is 0 Å². The predicted octanol–water partition coefficient (Wildman–Crippen LogP) is 4.20. The highest BCUT2D eigenvalue weighted by Gasteiger charge is 2.51. The highest BCUT2D eigenvalue weighted by molar-refractivity contribution is 5.93. The van der Waals surface area contributed by atoms with Gasteiger partial charge in [0.05, 0.1) is 0 Å². The van der Waals surface area contributed by atoms with Crippen molar-refractivity contribution in [3.8, 4) is 0 Å². The first-order chi connectivity index (χ1) is 13.6. The summed E-state index contributed by atoms with van der Waals surface area (Å²) in [5, 5.41) is 0.992. The van der Waals surface area contributed by atoms with Crippen molar-refractivity contribution in [3.63, 3.8) is 0 Å². The number of carbonyl (C=O) groups is 2. The second-order valence-corrected chi connectivity index (χ2v) is 9.15. The fourth-order valence-electron chi connectivity index (χ4n) is 6.31. The van der Waals surface area contributed by atoms with Crippen LogP contribution in [0.15, 0.2) is 40.8 Å². The van der Waals surface area contributed by atoms with E-state index in [-0.39, 0.29) is 17.2 Å². The van der Waals surface area contributed by atoms with Crippen LogP contribution in [-0.2, 0) is 9.59 Å². The normalized spacial score (nSPS) is 30.8. The Morgan fingerprint density at radius 2 is 1.71 bits per heavy atom. The van der Waals surface area contributed by atoms with Crippen LogP contribution in [0.1, 0.15) is 50.7 Å². The lowest BCUT2D eigenvalue weighted by atomic mass is 9.49. The molecule has 0 aliphatic heterocycles. The third kappa shape index (κ3) is 3.46. The Hall–Kier alpha value is -2.56. The molecule has 1 heterocycles. The molecule has 0 atom stereocenters. The maximum atomic E-state index is 12.5. The van der Waals surface area contributed by atoms with Gasteiger partial charge in [-0.2, -0.15) is 0 Å². The van der Waals surface area contributed by atoms with Crippen LogP contribution in [0, 0.1) is 23.2 Å². The summed E-state index contributed by atoms with van der Waals surface area (Å²) in [5.74, 6) is 2.63. The van der Waals surface area contributed by atoms with Crippen LogP contribution in [0.3, 0.4) is 0 Å². The van der Waals surface area contributed by atoms with Gasteiger partial charge in [0, 0.05) is 17.9 Å². The van der Waals surface area contributed by atoms with Gasteiger partial charge in [0.2, 0.25) is 5.91 Å². The number of para-hydroxylation sites is 1. The maximum absolute atomic E-state index is 12.5. The first-order valence-electron chi connectivity index (χ1n) is 10.3. The standard InChI is InChI=1S/C23H26N2O3/c26-21(6-5-19-10-18-3-1-2-4-20(18)28-19)24-25-22(27)14-23-11-15-7-16(12-23)9-17(8-15)13-23/h1-6,10,15-17H,7-9,11-14H2,(H,24,26)(H,25,27)/b6-5+. The summed E-state index contributed by atoms with van der Waals surface area (Å²) in [6.07, 6.45) is 11.2. The molecular formula is C23H26N2O3. The van der Waals surface area contributed by atoms with Crippen molar-refractivity contribution >= 4 is 28.9 Å². The van der Waals surface area contributed by atoms with E-state index in [0.29, 0.717) is 12.2 Å². The molecule has 4 aliphatic carbocycles. The summed E-state index contributed by atoms with van der Waals surface area (Å²) < 4.78 is 5.65. The Morgan fingerprint density at radius 3 is 2.39 bits per heavy atom. The molecule has 5 nitrogen and oxygen atoms in total. The third-order valence-electron chi connectivity index (χ3n) is 6.87. The van der Waals surface area contributed by atoms with E-state index in [4.69, 9.17) is 4.42 Å². The largest absolute Gasteiger partial charge is 0.457 e. The number of hydrogen-bond acceptors (Lipinski definition) is 3. The van der Waals surface area contributed by atoms with Gasteiger partial charge in [0.25, 0.3) is 5.91 Å². The highest BCUT2D eigenvalue weighted by Crippen LogP contribution is 2.61. The van der Waals surface area contributed by atoms with Gasteiger partial charge >= 0.3 is 0 Å². The van der Waals surface area contributed by atoms with Crippen LogP contribution in [0.2, 0.25) is 0 Å². The van der Waals surface area contributed by atoms with Crippen molar-refractivity contribution < 1.29 is 14.0 Å². The van der Waals surface area contributed by atoms with E-state index in [0.717, 1.165) is 28.7 Å². The molecule has 4 fully saturated rings. The Labute approximate surface area is 164 Å². The van der Waals surface area contributed by atoms with E-state index in [1.165, 1.54) is 44.6 Å². The monoisotopic (exact) mass is 378 g/mol. The molecule has 0 radical (unpaired) electrons. The minimum absolute atomic E-state index is 0.0764. The molecule has 0 unspecified atom stereocenters. The van der Waals surface area contributed by atoms with Crippen molar-refractivity contribution in [2.45, 2.75) is 44.9 Å². The lowest BCUT2D eigenvalue weighted by Gasteiger charge is -2.56. The molecule has 0 saturated heterocycles. The summed E-state index contributed by atoms with van der Waals surface area (Å²) in [7, 11) is 0. The third-order valence-corrected chi connectivity index (χ3v) is 6.87. The Kier molecular flexibility index (Phi) is 4.26. The van der Waals surface area contributed by atoms with Gasteiger partial charge in [-0.1, -0.05) is 18.2 Å². The Bertz CT molecular complexity index is 874. The second kappa shape index (κ2) is 6.80. The predicted molar refractivity (Wildman–Crippen MR) is 107 cm³/mol. The molecule has 0 spiro atoms. The van der Waals surface area contributed by atoms with Crippen LogP contribution < -0.4 is 10.9 Å². The zero-order chi connectivity index (χ0) is 19.1. The lowest BCUT2D eigenvalue weighted by Crippen LogP contribution is -2.49. The minimum atomic E-state index is -0.362. The molecule has 6 rings (SSSR count). The average molecular weight is 378 g/mol. The fraction of sp³-hybridized carbons (Fsp3) is 0.478. The van der Waals surface area contributed by atoms with E-state index in [1.54, 1.807) is 6.08 Å². The highest BCUT2D eigenvalue weighted by atomic mass is 16.3. The smallest absolute Gasteiger partial charge is 0.262 e. The van der Waals surface area contributed by atoms with Gasteiger partial charge in [-0.05, 0) is 79.9 Å². The molecule has 2 aromatic rings. The molecule has 28 heavy (non-hydrogen) atoms. The summed E-state index contributed by atoms with van der Waals surface area (Å²) in [5.41, 5.74) is 6.06. The molecule has 5 heteroatoms. The lowest BCUT2D eigenvalue weighted by molar-refractivity contribution is -0.133. The van der Waals surface area contributed by atoms with Crippen LogP contribution in [0.5, 0.6) is 0 Å². The minimum Gasteiger partial charge on any atom is -0.457 e. The first kappa shape index (κ1) is 17.5. The van der Waals surface area contributed by atoms with Crippen LogP contribution in [0.4, 0.5) is 0 Å². The SMILES string of the molecule is O=C(/C=C/c1cc2ccccc2o1)NNC(=O)CC12CC3CC(CC(C3)C1)C2. The number of hydrazine groups is 1. The molecule has 2 amide bonds. The maximum Gasteiger partial charge on any atom is 0.262 e. The topological polar surface area (TPSA) is 71.3 Å². The molecule has 2 N–H and O–H groups in total. The summed E-state index contributed by atoms with van der Waals surface area (Å²) in [4.78, 5) is 24.5. The molecule has 4 saturated carbocycles. The number of rotatable bonds is 4. The van der Waals surface area contributed by atoms with Crippen molar-refractivity contribution in [1.29, 1.82) is 0 Å². The molecule has 1 aromatic heterocycles. The molecular weight excluding hydrogens is 352 g/mol. The number of furan rings is 1. The number of benzene rings is 1. The second-order valence-electron chi connectivity index (χ2n) is 9.15. The zero-order valence-electron chi connectivity index (χ0n) is 15.9. The number of hydrogen-bond donors (Lipinski definition) is 2. The van der Waals surface area contributed by atoms with Gasteiger partial charge < -0.3 is 4.42 Å². The average Bonchev–Trinajstić information content (AvgIpc) is 3.06. The van der Waals surface area contributed by atoms with Crippen molar-refractivity contribution in [2.24, 2.45) is 23.2 Å². The van der Waals surface area contributed by atoms with Crippen LogP contribution in [-0.4, -0.2) is 11.8 Å². The molecule has 146 valence electrons. The summed E-state index contributed by atoms with van der Waals surface area (Å²) in [6.45, 7) is 0. The quantitative estimate of drug-likeness (QED) is 0.619. The van der Waals surface area contributed by atoms with E-state index in [2.05, 4.69) is 10.9 Å². The number of carbonyl (C=O) groups excluding carboxylic acids is 2. The van der Waals surface area contributed by atoms with Crippen molar-refractivity contribution in [1.82, 2.24) is 10.9 Å². The van der Waals surface area contributed by atoms with Crippen molar-refractivity contribution in [2.75, 3.05) is 0 Å². The number of fused-ring (bicyclic) bond motifs is 1. The van der Waals surface area contributed by atoms with Crippen LogP contribution in [0.25, 0.3) is 17.0 Å². The van der Waals surface area contributed by atoms with Gasteiger partial charge in [0.15, 0.2) is 0 Å². The number of amides is 2. The molecule has 4 aliphatic rings. The zero-order valence-corrected chi connectivity index (χ0v) is 15.9. The van der Waals surface area contributed by atoms with E-state index in [1.807, 2.05) is 30.3 Å². The van der Waals surface area contributed by atoms with Crippen LogP contribution >= 0.6 is 0 Å². The first-order valence-corrected chi connectivity index (χ1v) is 10.3. The molecule has 1 aromatic carbocycles. The Morgan fingerprint density at radius 1 is 1.04 bits per heavy atom. The summed E-state index contributed by atoms with van der Waals surface area (Å²) >= 11 is 0. The summed E-state index contributed by atoms with van der Waals surface area (Å²) in [6, 6.07) is 9.58. The Balaban J connectivity index is 1.14. The van der Waals surface area contributed by atoms with Gasteiger partial charge in [-0.3, -0.25) is 20.4 Å². The van der Waals surface area contributed by atoms with Crippen molar-refractivity contribution in [3.05, 3.63) is 42.2 Å². The van der Waals surface area contributed by atoms with Gasteiger partial charge in [-0.15, -0.1) is 0 Å². The fourth-order valence-corrected chi connectivity index (χ4v) is 6.31. The molecule has 4 bridgehead atoms. The van der Waals surface area contributed by atoms with E-state index >= 15 is 0 Å². The van der Waals surface area contributed by atoms with Gasteiger partial charge in [-0.25, -0.2) is 0 Å². The van der Waals surface area contributed by atoms with Gasteiger partial charge in [0.1, 0.15) is 11.3 Å². The number of nitrogens with one attached hydrogen (secondary N) is 2.